The number of carbonyl (C=O) groups excluding carboxylic acids is 2. The Bertz CT molecular complexity index is 1020. The van der Waals surface area contributed by atoms with Crippen LogP contribution in [0, 0.1) is 6.92 Å². The van der Waals surface area contributed by atoms with Crippen molar-refractivity contribution in [2.75, 3.05) is 26.2 Å². The first-order valence-corrected chi connectivity index (χ1v) is 12.6. The van der Waals surface area contributed by atoms with Gasteiger partial charge in [0.05, 0.1) is 11.3 Å². The molecule has 9 heteroatoms. The van der Waals surface area contributed by atoms with E-state index in [2.05, 4.69) is 27.1 Å². The van der Waals surface area contributed by atoms with Crippen LogP contribution in [0.2, 0.25) is 0 Å². The Labute approximate surface area is 195 Å². The number of piperidine rings is 1. The molecule has 1 aliphatic heterocycles. The third-order valence-electron chi connectivity index (χ3n) is 5.52. The SMILES string of the molecule is Cc1ccc(S(=O)(=O)NCCC(=O)OCC(=O)NC2CCN(Cc3ccccc3)CC2)cc1. The van der Waals surface area contributed by atoms with Crippen molar-refractivity contribution in [3.05, 3.63) is 65.7 Å². The summed E-state index contributed by atoms with van der Waals surface area (Å²) in [6.07, 6.45) is 1.52. The van der Waals surface area contributed by atoms with Gasteiger partial charge in [-0.25, -0.2) is 13.1 Å². The predicted octanol–water partition coefficient (Wildman–Crippen LogP) is 1.99. The van der Waals surface area contributed by atoms with Crippen molar-refractivity contribution < 1.29 is 22.7 Å². The fourth-order valence-electron chi connectivity index (χ4n) is 3.65. The lowest BCUT2D eigenvalue weighted by Crippen LogP contribution is -2.45. The van der Waals surface area contributed by atoms with E-state index in [4.69, 9.17) is 4.74 Å². The summed E-state index contributed by atoms with van der Waals surface area (Å²) in [4.78, 5) is 26.5. The van der Waals surface area contributed by atoms with Gasteiger partial charge in [-0.3, -0.25) is 14.5 Å². The zero-order valence-electron chi connectivity index (χ0n) is 18.8. The van der Waals surface area contributed by atoms with Gasteiger partial charge in [0.1, 0.15) is 0 Å². The van der Waals surface area contributed by atoms with Crippen LogP contribution in [0.4, 0.5) is 0 Å². The minimum absolute atomic E-state index is 0.0598. The number of sulfonamides is 1. The van der Waals surface area contributed by atoms with Gasteiger partial charge in [-0.05, 0) is 37.5 Å². The van der Waals surface area contributed by atoms with Crippen LogP contribution in [-0.2, 0) is 30.9 Å². The van der Waals surface area contributed by atoms with Crippen LogP contribution in [0.3, 0.4) is 0 Å². The smallest absolute Gasteiger partial charge is 0.307 e. The molecule has 2 N–H and O–H groups in total. The van der Waals surface area contributed by atoms with E-state index in [1.807, 2.05) is 25.1 Å². The summed E-state index contributed by atoms with van der Waals surface area (Å²) in [5.74, 6) is -0.973. The quantitative estimate of drug-likeness (QED) is 0.512. The predicted molar refractivity (Wildman–Crippen MR) is 125 cm³/mol. The maximum Gasteiger partial charge on any atom is 0.307 e. The number of nitrogens with zero attached hydrogens (tertiary/aromatic N) is 1. The van der Waals surface area contributed by atoms with Gasteiger partial charge >= 0.3 is 5.97 Å². The number of carbonyl (C=O) groups is 2. The van der Waals surface area contributed by atoms with E-state index in [9.17, 15) is 18.0 Å². The zero-order valence-corrected chi connectivity index (χ0v) is 19.6. The van der Waals surface area contributed by atoms with Gasteiger partial charge < -0.3 is 10.1 Å². The molecular weight excluding hydrogens is 442 g/mol. The van der Waals surface area contributed by atoms with E-state index in [-0.39, 0.29) is 36.4 Å². The number of benzene rings is 2. The summed E-state index contributed by atoms with van der Waals surface area (Å²) in [7, 11) is -3.69. The largest absolute Gasteiger partial charge is 0.456 e. The van der Waals surface area contributed by atoms with Crippen molar-refractivity contribution in [1.82, 2.24) is 14.9 Å². The Morgan fingerprint density at radius 2 is 1.70 bits per heavy atom. The highest BCUT2D eigenvalue weighted by molar-refractivity contribution is 7.89. The van der Waals surface area contributed by atoms with Gasteiger partial charge in [-0.15, -0.1) is 0 Å². The van der Waals surface area contributed by atoms with E-state index >= 15 is 0 Å². The molecule has 1 saturated heterocycles. The topological polar surface area (TPSA) is 105 Å². The summed E-state index contributed by atoms with van der Waals surface area (Å²) in [6.45, 7) is 4.07. The van der Waals surface area contributed by atoms with Crippen molar-refractivity contribution in [2.24, 2.45) is 0 Å². The minimum Gasteiger partial charge on any atom is -0.456 e. The lowest BCUT2D eigenvalue weighted by molar-refractivity contribution is -0.148. The maximum atomic E-state index is 12.2. The number of likely N-dealkylation sites (tertiary alicyclic amines) is 1. The van der Waals surface area contributed by atoms with Crippen LogP contribution >= 0.6 is 0 Å². The highest BCUT2D eigenvalue weighted by atomic mass is 32.2. The van der Waals surface area contributed by atoms with Crippen LogP contribution in [0.1, 0.15) is 30.4 Å². The minimum atomic E-state index is -3.69. The summed E-state index contributed by atoms with van der Waals surface area (Å²) in [5.41, 5.74) is 2.22. The Morgan fingerprint density at radius 1 is 1.03 bits per heavy atom. The normalized spacial score (nSPS) is 15.2. The van der Waals surface area contributed by atoms with Crippen LogP contribution in [0.25, 0.3) is 0 Å². The summed E-state index contributed by atoms with van der Waals surface area (Å²) in [6, 6.07) is 16.8. The van der Waals surface area contributed by atoms with E-state index in [0.717, 1.165) is 38.0 Å². The molecular formula is C24H31N3O5S. The molecule has 0 aromatic heterocycles. The molecule has 0 radical (unpaired) electrons. The van der Waals surface area contributed by atoms with E-state index in [0.29, 0.717) is 0 Å². The Kier molecular flexibility index (Phi) is 8.99. The van der Waals surface area contributed by atoms with Gasteiger partial charge in [-0.2, -0.15) is 0 Å². The van der Waals surface area contributed by atoms with Crippen molar-refractivity contribution in [1.29, 1.82) is 0 Å². The Hall–Kier alpha value is -2.75. The number of ether oxygens (including phenoxy) is 1. The maximum absolute atomic E-state index is 12.2. The van der Waals surface area contributed by atoms with Gasteiger partial charge in [-0.1, -0.05) is 48.0 Å². The highest BCUT2D eigenvalue weighted by Crippen LogP contribution is 2.14. The molecule has 1 aliphatic rings. The molecule has 1 fully saturated rings. The van der Waals surface area contributed by atoms with Crippen molar-refractivity contribution in [3.8, 4) is 0 Å². The fraction of sp³-hybridized carbons (Fsp3) is 0.417. The van der Waals surface area contributed by atoms with Crippen LogP contribution in [-0.4, -0.2) is 57.5 Å². The van der Waals surface area contributed by atoms with E-state index < -0.39 is 16.0 Å². The number of hydrogen-bond acceptors (Lipinski definition) is 6. The second-order valence-electron chi connectivity index (χ2n) is 8.23. The van der Waals surface area contributed by atoms with Crippen molar-refractivity contribution in [3.63, 3.8) is 0 Å². The average Bonchev–Trinajstić information content (AvgIpc) is 2.80. The monoisotopic (exact) mass is 473 g/mol. The molecule has 2 aromatic carbocycles. The number of esters is 1. The van der Waals surface area contributed by atoms with Gasteiger partial charge in [0, 0.05) is 32.2 Å². The molecule has 2 aromatic rings. The molecule has 0 spiro atoms. The lowest BCUT2D eigenvalue weighted by atomic mass is 10.0. The first kappa shape index (κ1) is 24.9. The second kappa shape index (κ2) is 11.9. The molecule has 1 heterocycles. The average molecular weight is 474 g/mol. The van der Waals surface area contributed by atoms with E-state index in [1.165, 1.54) is 17.7 Å². The summed E-state index contributed by atoms with van der Waals surface area (Å²) < 4.78 is 31.8. The first-order valence-electron chi connectivity index (χ1n) is 11.1. The first-order chi connectivity index (χ1) is 15.8. The number of amides is 1. The van der Waals surface area contributed by atoms with E-state index in [1.54, 1.807) is 12.1 Å². The van der Waals surface area contributed by atoms with Gasteiger partial charge in [0.25, 0.3) is 5.91 Å². The van der Waals surface area contributed by atoms with Gasteiger partial charge in [0.2, 0.25) is 10.0 Å². The van der Waals surface area contributed by atoms with Gasteiger partial charge in [0.15, 0.2) is 6.61 Å². The van der Waals surface area contributed by atoms with Crippen LogP contribution in [0.5, 0.6) is 0 Å². The van der Waals surface area contributed by atoms with Crippen LogP contribution in [0.15, 0.2) is 59.5 Å². The second-order valence-corrected chi connectivity index (χ2v) is 9.99. The molecule has 3 rings (SSSR count). The molecule has 0 atom stereocenters. The molecule has 0 bridgehead atoms. The summed E-state index contributed by atoms with van der Waals surface area (Å²) in [5, 5.41) is 2.91. The summed E-state index contributed by atoms with van der Waals surface area (Å²) >= 11 is 0. The lowest BCUT2D eigenvalue weighted by Gasteiger charge is -2.32. The molecule has 0 aliphatic carbocycles. The molecule has 0 saturated carbocycles. The Balaban J connectivity index is 1.30. The molecule has 178 valence electrons. The molecule has 1 amide bonds. The van der Waals surface area contributed by atoms with Crippen molar-refractivity contribution >= 4 is 21.9 Å². The third-order valence-corrected chi connectivity index (χ3v) is 7.00. The fourth-order valence-corrected chi connectivity index (χ4v) is 4.68. The number of rotatable bonds is 10. The third kappa shape index (κ3) is 8.27. The Morgan fingerprint density at radius 3 is 2.36 bits per heavy atom. The molecule has 0 unspecified atom stereocenters. The number of hydrogen-bond donors (Lipinski definition) is 2. The zero-order chi connectivity index (χ0) is 23.7. The number of nitrogens with one attached hydrogen (secondary N) is 2. The molecule has 33 heavy (non-hydrogen) atoms. The number of aryl methyl sites for hydroxylation is 1. The standard InChI is InChI=1S/C24H31N3O5S/c1-19-7-9-22(10-8-19)33(30,31)25-14-11-24(29)32-18-23(28)26-21-12-15-27(16-13-21)17-20-5-3-2-4-6-20/h2-10,21,25H,11-18H2,1H3,(H,26,28). The van der Waals surface area contributed by atoms with Crippen LogP contribution < -0.4 is 10.0 Å². The molecule has 8 nitrogen and oxygen atoms in total. The van der Waals surface area contributed by atoms with Crippen molar-refractivity contribution in [2.45, 2.75) is 43.7 Å². The highest BCUT2D eigenvalue weighted by Gasteiger charge is 2.21.